The minimum Gasteiger partial charge on any atom is -0.481 e. The molecule has 23 heavy (non-hydrogen) atoms. The van der Waals surface area contributed by atoms with Crippen LogP contribution in [0.1, 0.15) is 51.9 Å². The molecule has 1 N–H and O–H groups in total. The van der Waals surface area contributed by atoms with E-state index in [4.69, 9.17) is 0 Å². The molecule has 2 nitrogen and oxygen atoms in total. The van der Waals surface area contributed by atoms with E-state index in [1.165, 1.54) is 38.5 Å². The summed E-state index contributed by atoms with van der Waals surface area (Å²) in [6.45, 7) is 2.59. The van der Waals surface area contributed by atoms with Gasteiger partial charge in [0, 0.05) is 0 Å². The molecule has 5 fully saturated rings. The van der Waals surface area contributed by atoms with E-state index in [9.17, 15) is 9.90 Å². The van der Waals surface area contributed by atoms with Crippen LogP contribution < -0.4 is 0 Å². The zero-order valence-electron chi connectivity index (χ0n) is 14.1. The molecule has 0 spiro atoms. The van der Waals surface area contributed by atoms with Gasteiger partial charge in [-0.15, -0.1) is 0 Å². The summed E-state index contributed by atoms with van der Waals surface area (Å²) in [5, 5.41) is 9.88. The molecule has 2 heteroatoms. The molecule has 0 aliphatic heterocycles. The molecule has 6 aliphatic rings. The van der Waals surface area contributed by atoms with Gasteiger partial charge in [0.15, 0.2) is 0 Å². The van der Waals surface area contributed by atoms with E-state index in [0.29, 0.717) is 28.6 Å². The number of carboxylic acid groups (broad SMARTS) is 1. The number of rotatable bonds is 2. The van der Waals surface area contributed by atoms with Crippen molar-refractivity contribution in [3.63, 3.8) is 0 Å². The average molecular weight is 312 g/mol. The van der Waals surface area contributed by atoms with Gasteiger partial charge in [0.05, 0.1) is 5.92 Å². The fourth-order valence-electron chi connectivity index (χ4n) is 9.42. The second kappa shape index (κ2) is 3.89. The molecule has 10 unspecified atom stereocenters. The lowest BCUT2D eigenvalue weighted by Gasteiger charge is -2.55. The highest BCUT2D eigenvalue weighted by atomic mass is 16.4. The van der Waals surface area contributed by atoms with Crippen LogP contribution in [0.2, 0.25) is 0 Å². The second-order valence-electron chi connectivity index (χ2n) is 10.2. The zero-order chi connectivity index (χ0) is 15.6. The normalized spacial score (nSPS) is 64.0. The Kier molecular flexibility index (Phi) is 2.28. The van der Waals surface area contributed by atoms with Gasteiger partial charge in [-0.1, -0.05) is 25.5 Å². The fraction of sp³-hybridized carbons (Fsp3) is 0.857. The summed E-state index contributed by atoms with van der Waals surface area (Å²) in [6, 6.07) is 0. The third kappa shape index (κ3) is 1.31. The number of carboxylic acids is 1. The van der Waals surface area contributed by atoms with Crippen molar-refractivity contribution < 1.29 is 9.90 Å². The highest BCUT2D eigenvalue weighted by molar-refractivity contribution is 5.71. The molecule has 0 amide bonds. The van der Waals surface area contributed by atoms with Gasteiger partial charge in [-0.2, -0.15) is 0 Å². The molecule has 0 heterocycles. The lowest BCUT2D eigenvalue weighted by atomic mass is 9.49. The van der Waals surface area contributed by atoms with Gasteiger partial charge in [-0.3, -0.25) is 4.79 Å². The summed E-state index contributed by atoms with van der Waals surface area (Å²) in [5.74, 6) is 4.81. The maximum atomic E-state index is 12.0. The largest absolute Gasteiger partial charge is 0.481 e. The van der Waals surface area contributed by atoms with Gasteiger partial charge in [-0.25, -0.2) is 0 Å². The predicted octanol–water partition coefficient (Wildman–Crippen LogP) is 4.36. The molecule has 124 valence electrons. The first-order valence-electron chi connectivity index (χ1n) is 9.95. The number of hydrogen-bond donors (Lipinski definition) is 1. The lowest BCUT2D eigenvalue weighted by molar-refractivity contribution is -0.148. The smallest absolute Gasteiger partial charge is 0.306 e. The molecular formula is C21H28O2. The minimum absolute atomic E-state index is 0.0417. The van der Waals surface area contributed by atoms with E-state index in [2.05, 4.69) is 19.1 Å². The molecule has 0 aromatic carbocycles. The maximum absolute atomic E-state index is 12.0. The van der Waals surface area contributed by atoms with Crippen LogP contribution in [0.4, 0.5) is 0 Å². The van der Waals surface area contributed by atoms with Gasteiger partial charge in [0.25, 0.3) is 0 Å². The van der Waals surface area contributed by atoms with Gasteiger partial charge >= 0.3 is 5.97 Å². The van der Waals surface area contributed by atoms with E-state index in [0.717, 1.165) is 30.1 Å². The Hall–Kier alpha value is -0.790. The first-order valence-corrected chi connectivity index (χ1v) is 9.95. The van der Waals surface area contributed by atoms with Crippen LogP contribution in [0.25, 0.3) is 0 Å². The molecule has 6 aliphatic carbocycles. The summed E-state index contributed by atoms with van der Waals surface area (Å²) in [7, 11) is 0. The number of hydrogen-bond acceptors (Lipinski definition) is 1. The highest BCUT2D eigenvalue weighted by Gasteiger charge is 2.75. The number of fused-ring (bicyclic) bond motifs is 11. The van der Waals surface area contributed by atoms with Crippen molar-refractivity contribution in [2.24, 2.45) is 58.2 Å². The van der Waals surface area contributed by atoms with Gasteiger partial charge in [-0.05, 0) is 90.8 Å². The van der Waals surface area contributed by atoms with Crippen LogP contribution in [-0.4, -0.2) is 11.1 Å². The molecule has 0 aromatic heterocycles. The van der Waals surface area contributed by atoms with Crippen molar-refractivity contribution in [1.82, 2.24) is 0 Å². The quantitative estimate of drug-likeness (QED) is 0.607. The van der Waals surface area contributed by atoms with E-state index >= 15 is 0 Å². The Morgan fingerprint density at radius 3 is 2.61 bits per heavy atom. The standard InChI is InChI=1S/C21H28O2/c1-20(8-11-2-5-14(20)6-11)21-9-15(16(10-21)19(22)23)17-12-3-4-13(7-12)18(17)21/h3-4,11-18H,2,5-10H2,1H3,(H,22,23). The first-order chi connectivity index (χ1) is 11.0. The SMILES string of the molecule is CC1(C23CC(C(=O)O)C(C2)C2C4C=CC(C4)C23)CC2CCC1C2. The molecule has 0 radical (unpaired) electrons. The summed E-state index contributed by atoms with van der Waals surface area (Å²) in [6.07, 6.45) is 14.3. The van der Waals surface area contributed by atoms with E-state index in [1.54, 1.807) is 0 Å². The van der Waals surface area contributed by atoms with Crippen molar-refractivity contribution in [3.05, 3.63) is 12.2 Å². The van der Waals surface area contributed by atoms with Crippen LogP contribution in [0, 0.1) is 58.2 Å². The summed E-state index contributed by atoms with van der Waals surface area (Å²) < 4.78 is 0. The molecule has 6 bridgehead atoms. The van der Waals surface area contributed by atoms with Gasteiger partial charge in [0.1, 0.15) is 0 Å². The van der Waals surface area contributed by atoms with Crippen molar-refractivity contribution >= 4 is 5.97 Å². The van der Waals surface area contributed by atoms with Crippen LogP contribution >= 0.6 is 0 Å². The summed E-state index contributed by atoms with van der Waals surface area (Å²) in [4.78, 5) is 12.0. The van der Waals surface area contributed by atoms with Crippen LogP contribution in [0.3, 0.4) is 0 Å². The second-order valence-corrected chi connectivity index (χ2v) is 10.2. The van der Waals surface area contributed by atoms with Crippen molar-refractivity contribution in [2.45, 2.75) is 51.9 Å². The van der Waals surface area contributed by atoms with E-state index in [1.807, 2.05) is 0 Å². The number of carbonyl (C=O) groups is 1. The number of allylic oxidation sites excluding steroid dienone is 2. The first kappa shape index (κ1) is 13.5. The molecule has 10 atom stereocenters. The van der Waals surface area contributed by atoms with Crippen molar-refractivity contribution in [2.75, 3.05) is 0 Å². The Balaban J connectivity index is 1.49. The van der Waals surface area contributed by atoms with Crippen molar-refractivity contribution in [3.8, 4) is 0 Å². The monoisotopic (exact) mass is 312 g/mol. The zero-order valence-corrected chi connectivity index (χ0v) is 14.1. The van der Waals surface area contributed by atoms with Crippen LogP contribution in [0.5, 0.6) is 0 Å². The maximum Gasteiger partial charge on any atom is 0.306 e. The highest BCUT2D eigenvalue weighted by Crippen LogP contribution is 2.80. The van der Waals surface area contributed by atoms with Crippen LogP contribution in [0.15, 0.2) is 12.2 Å². The van der Waals surface area contributed by atoms with E-state index in [-0.39, 0.29) is 5.92 Å². The third-order valence-electron chi connectivity index (χ3n) is 9.96. The molecule has 0 aromatic rings. The average Bonchev–Trinajstić information content (AvgIpc) is 3.29. The minimum atomic E-state index is -0.492. The van der Waals surface area contributed by atoms with Crippen LogP contribution in [-0.2, 0) is 4.79 Å². The molecular weight excluding hydrogens is 284 g/mol. The number of aliphatic carboxylic acids is 1. The predicted molar refractivity (Wildman–Crippen MR) is 87.6 cm³/mol. The Morgan fingerprint density at radius 1 is 1.09 bits per heavy atom. The molecule has 5 saturated carbocycles. The Bertz CT molecular complexity index is 623. The van der Waals surface area contributed by atoms with Gasteiger partial charge < -0.3 is 5.11 Å². The van der Waals surface area contributed by atoms with E-state index < -0.39 is 5.97 Å². The van der Waals surface area contributed by atoms with Gasteiger partial charge in [0.2, 0.25) is 0 Å². The van der Waals surface area contributed by atoms with Crippen molar-refractivity contribution in [1.29, 1.82) is 0 Å². The Labute approximate surface area is 138 Å². The topological polar surface area (TPSA) is 37.3 Å². The summed E-state index contributed by atoms with van der Waals surface area (Å²) in [5.41, 5.74) is 0.797. The summed E-state index contributed by atoms with van der Waals surface area (Å²) >= 11 is 0. The lowest BCUT2D eigenvalue weighted by Crippen LogP contribution is -2.50. The molecule has 0 saturated heterocycles. The Morgan fingerprint density at radius 2 is 1.91 bits per heavy atom. The third-order valence-corrected chi connectivity index (χ3v) is 9.96. The fourth-order valence-corrected chi connectivity index (χ4v) is 9.42. The molecule has 6 rings (SSSR count).